The lowest BCUT2D eigenvalue weighted by Gasteiger charge is -2.32. The van der Waals surface area contributed by atoms with Crippen LogP contribution in [0, 0.1) is 11.8 Å². The van der Waals surface area contributed by atoms with Gasteiger partial charge in [0.1, 0.15) is 6.17 Å². The maximum atomic E-state index is 13.7. The van der Waals surface area contributed by atoms with Crippen LogP contribution in [0.3, 0.4) is 0 Å². The minimum absolute atomic E-state index is 0.185. The zero-order valence-electron chi connectivity index (χ0n) is 12.0. The zero-order chi connectivity index (χ0) is 13.9. The van der Waals surface area contributed by atoms with Crippen molar-refractivity contribution in [2.24, 2.45) is 11.8 Å². The normalized spacial score (nSPS) is 31.8. The Labute approximate surface area is 119 Å². The van der Waals surface area contributed by atoms with Crippen LogP contribution in [0.4, 0.5) is 4.39 Å². The van der Waals surface area contributed by atoms with Crippen molar-refractivity contribution < 1.29 is 9.13 Å². The third kappa shape index (κ3) is 3.35. The summed E-state index contributed by atoms with van der Waals surface area (Å²) in [5.41, 5.74) is 0.936. The van der Waals surface area contributed by atoms with E-state index in [4.69, 9.17) is 4.74 Å². The summed E-state index contributed by atoms with van der Waals surface area (Å²) in [5, 5.41) is 8.37. The number of rotatable bonds is 4. The molecule has 0 saturated carbocycles. The zero-order valence-corrected chi connectivity index (χ0v) is 12.0. The fourth-order valence-electron chi connectivity index (χ4n) is 2.95. The van der Waals surface area contributed by atoms with E-state index in [2.05, 4.69) is 15.2 Å². The van der Waals surface area contributed by atoms with Crippen molar-refractivity contribution in [1.82, 2.24) is 19.9 Å². The Morgan fingerprint density at radius 1 is 1.45 bits per heavy atom. The summed E-state index contributed by atoms with van der Waals surface area (Å²) in [5.74, 6) is 0.736. The van der Waals surface area contributed by atoms with Crippen LogP contribution in [0.2, 0.25) is 0 Å². The molecule has 20 heavy (non-hydrogen) atoms. The van der Waals surface area contributed by atoms with Gasteiger partial charge in [-0.3, -0.25) is 9.58 Å². The molecule has 2 fully saturated rings. The maximum Gasteiger partial charge on any atom is 0.115 e. The molecule has 0 amide bonds. The molecule has 3 rings (SSSR count). The van der Waals surface area contributed by atoms with E-state index in [0.717, 1.165) is 44.8 Å². The van der Waals surface area contributed by atoms with Gasteiger partial charge in [0.25, 0.3) is 0 Å². The highest BCUT2D eigenvalue weighted by Crippen LogP contribution is 2.21. The van der Waals surface area contributed by atoms with Crippen LogP contribution < -0.4 is 0 Å². The number of hydrogen-bond donors (Lipinski definition) is 0. The molecule has 3 heterocycles. The second-order valence-electron chi connectivity index (χ2n) is 6.18. The first-order chi connectivity index (χ1) is 9.70. The number of ether oxygens (including phenoxy) is 1. The van der Waals surface area contributed by atoms with Gasteiger partial charge in [-0.25, -0.2) is 4.39 Å². The molecule has 2 aliphatic rings. The van der Waals surface area contributed by atoms with Crippen LogP contribution in [-0.2, 0) is 17.8 Å². The Morgan fingerprint density at radius 2 is 2.35 bits per heavy atom. The predicted molar refractivity (Wildman–Crippen MR) is 72.9 cm³/mol. The molecule has 2 saturated heterocycles. The van der Waals surface area contributed by atoms with E-state index in [1.807, 2.05) is 17.8 Å². The summed E-state index contributed by atoms with van der Waals surface area (Å²) < 4.78 is 21.0. The van der Waals surface area contributed by atoms with E-state index in [1.165, 1.54) is 0 Å². The number of alkyl halides is 1. The summed E-state index contributed by atoms with van der Waals surface area (Å²) in [6, 6.07) is 0. The second-order valence-corrected chi connectivity index (χ2v) is 6.18. The van der Waals surface area contributed by atoms with Gasteiger partial charge in [0.05, 0.1) is 12.3 Å². The molecule has 6 heteroatoms. The first kappa shape index (κ1) is 13.9. The molecule has 0 N–H and O–H groups in total. The number of likely N-dealkylation sites (tertiary alicyclic amines) is 1. The molecule has 0 bridgehead atoms. The van der Waals surface area contributed by atoms with Crippen molar-refractivity contribution in [3.05, 3.63) is 11.9 Å². The fourth-order valence-corrected chi connectivity index (χ4v) is 2.95. The van der Waals surface area contributed by atoms with E-state index in [-0.39, 0.29) is 5.92 Å². The largest absolute Gasteiger partial charge is 0.381 e. The third-order valence-electron chi connectivity index (χ3n) is 4.39. The van der Waals surface area contributed by atoms with Gasteiger partial charge >= 0.3 is 0 Å². The Kier molecular flexibility index (Phi) is 4.31. The molecule has 0 aromatic carbocycles. The first-order valence-corrected chi connectivity index (χ1v) is 7.54. The van der Waals surface area contributed by atoms with Crippen LogP contribution in [0.15, 0.2) is 6.20 Å². The monoisotopic (exact) mass is 282 g/mol. The van der Waals surface area contributed by atoms with E-state index >= 15 is 0 Å². The molecule has 3 atom stereocenters. The van der Waals surface area contributed by atoms with Gasteiger partial charge < -0.3 is 4.74 Å². The van der Waals surface area contributed by atoms with E-state index in [9.17, 15) is 4.39 Å². The molecule has 112 valence electrons. The standard InChI is InChI=1S/C14H23FN4O/c1-11-2-4-18(9-14(11)15)7-13-8-19(17-16-13)6-12-3-5-20-10-12/h8,11-12,14H,2-7,9-10H2,1H3. The van der Waals surface area contributed by atoms with Gasteiger partial charge in [-0.1, -0.05) is 12.1 Å². The number of halogens is 1. The molecule has 5 nitrogen and oxygen atoms in total. The smallest absolute Gasteiger partial charge is 0.115 e. The van der Waals surface area contributed by atoms with Crippen molar-refractivity contribution in [2.45, 2.75) is 39.0 Å². The van der Waals surface area contributed by atoms with Gasteiger partial charge in [-0.2, -0.15) is 0 Å². The summed E-state index contributed by atoms with van der Waals surface area (Å²) in [7, 11) is 0. The van der Waals surface area contributed by atoms with Crippen LogP contribution >= 0.6 is 0 Å². The highest BCUT2D eigenvalue weighted by atomic mass is 19.1. The predicted octanol–water partition coefficient (Wildman–Crippen LogP) is 1.49. The van der Waals surface area contributed by atoms with Gasteiger partial charge in [-0.15, -0.1) is 5.10 Å². The summed E-state index contributed by atoms with van der Waals surface area (Å²) in [6.45, 7) is 6.71. The minimum atomic E-state index is -0.713. The SMILES string of the molecule is CC1CCN(Cc2cn(CC3CCOC3)nn2)CC1F. The molecule has 0 aliphatic carbocycles. The van der Waals surface area contributed by atoms with Crippen molar-refractivity contribution in [1.29, 1.82) is 0 Å². The highest BCUT2D eigenvalue weighted by Gasteiger charge is 2.26. The van der Waals surface area contributed by atoms with E-state index < -0.39 is 6.17 Å². The van der Waals surface area contributed by atoms with Gasteiger partial charge in [0, 0.05) is 38.4 Å². The van der Waals surface area contributed by atoms with Gasteiger partial charge in [0.2, 0.25) is 0 Å². The highest BCUT2D eigenvalue weighted by molar-refractivity contribution is 4.94. The number of piperidine rings is 1. The van der Waals surface area contributed by atoms with Crippen LogP contribution in [-0.4, -0.2) is 52.4 Å². The van der Waals surface area contributed by atoms with E-state index in [0.29, 0.717) is 19.0 Å². The van der Waals surface area contributed by atoms with Crippen molar-refractivity contribution in [3.8, 4) is 0 Å². The van der Waals surface area contributed by atoms with Crippen molar-refractivity contribution in [3.63, 3.8) is 0 Å². The molecule has 1 aromatic rings. The molecule has 0 radical (unpaired) electrons. The summed E-state index contributed by atoms with van der Waals surface area (Å²) >= 11 is 0. The van der Waals surface area contributed by atoms with Gasteiger partial charge in [0.15, 0.2) is 0 Å². The maximum absolute atomic E-state index is 13.7. The quantitative estimate of drug-likeness (QED) is 0.839. The molecule has 1 aromatic heterocycles. The minimum Gasteiger partial charge on any atom is -0.381 e. The van der Waals surface area contributed by atoms with Crippen LogP contribution in [0.1, 0.15) is 25.5 Å². The van der Waals surface area contributed by atoms with Gasteiger partial charge in [-0.05, 0) is 25.3 Å². The lowest BCUT2D eigenvalue weighted by Crippen LogP contribution is -2.40. The molecule has 3 unspecified atom stereocenters. The number of nitrogens with zero attached hydrogens (tertiary/aromatic N) is 4. The fraction of sp³-hybridized carbons (Fsp3) is 0.857. The third-order valence-corrected chi connectivity index (χ3v) is 4.39. The Morgan fingerprint density at radius 3 is 3.10 bits per heavy atom. The van der Waals surface area contributed by atoms with Crippen molar-refractivity contribution in [2.75, 3.05) is 26.3 Å². The number of hydrogen-bond acceptors (Lipinski definition) is 4. The topological polar surface area (TPSA) is 43.2 Å². The molecular weight excluding hydrogens is 259 g/mol. The Balaban J connectivity index is 1.51. The summed E-state index contributed by atoms with van der Waals surface area (Å²) in [6.07, 6.45) is 3.30. The molecule has 0 spiro atoms. The lowest BCUT2D eigenvalue weighted by atomic mass is 9.97. The average molecular weight is 282 g/mol. The summed E-state index contributed by atoms with van der Waals surface area (Å²) in [4.78, 5) is 2.14. The van der Waals surface area contributed by atoms with Crippen molar-refractivity contribution >= 4 is 0 Å². The van der Waals surface area contributed by atoms with E-state index in [1.54, 1.807) is 0 Å². The Bertz CT molecular complexity index is 433. The number of aromatic nitrogens is 3. The molecule has 2 aliphatic heterocycles. The molecular formula is C14H23FN4O. The second kappa shape index (κ2) is 6.18. The van der Waals surface area contributed by atoms with Crippen LogP contribution in [0.5, 0.6) is 0 Å². The average Bonchev–Trinajstić information content (AvgIpc) is 3.07. The van der Waals surface area contributed by atoms with Crippen LogP contribution in [0.25, 0.3) is 0 Å². The Hall–Kier alpha value is -1.01. The first-order valence-electron chi connectivity index (χ1n) is 7.54. The lowest BCUT2D eigenvalue weighted by molar-refractivity contribution is 0.0877.